The zero-order chi connectivity index (χ0) is 9.97. The molecule has 2 N–H and O–H groups in total. The van der Waals surface area contributed by atoms with E-state index >= 15 is 0 Å². The number of fused-ring (bicyclic) bond motifs is 1. The maximum Gasteiger partial charge on any atom is 0.220 e. The molecule has 0 saturated carbocycles. The minimum absolute atomic E-state index is 0.243. The molecule has 0 radical (unpaired) electrons. The Bertz CT molecular complexity index is 458. The lowest BCUT2D eigenvalue weighted by atomic mass is 10.3. The van der Waals surface area contributed by atoms with Crippen molar-refractivity contribution in [1.29, 1.82) is 0 Å². The highest BCUT2D eigenvalue weighted by Crippen LogP contribution is 2.16. The standard InChI is InChI=1S/C9H10N4O/c1-2-14-6-3-7-8(11-4-6)5-12-9(10)13-7/h3-5H,2H2,1H3,(H2,10,12,13). The molecule has 5 heteroatoms. The van der Waals surface area contributed by atoms with Gasteiger partial charge in [0, 0.05) is 6.07 Å². The Labute approximate surface area is 81.0 Å². The van der Waals surface area contributed by atoms with Crippen LogP contribution in [0.15, 0.2) is 18.5 Å². The third kappa shape index (κ3) is 1.56. The van der Waals surface area contributed by atoms with Gasteiger partial charge >= 0.3 is 0 Å². The van der Waals surface area contributed by atoms with Crippen LogP contribution < -0.4 is 10.5 Å². The van der Waals surface area contributed by atoms with Crippen LogP contribution in [0.1, 0.15) is 6.92 Å². The Morgan fingerprint density at radius 2 is 2.14 bits per heavy atom. The predicted molar refractivity (Wildman–Crippen MR) is 52.9 cm³/mol. The Kier molecular flexibility index (Phi) is 2.14. The fourth-order valence-electron chi connectivity index (χ4n) is 1.16. The fraction of sp³-hybridized carbons (Fsp3) is 0.222. The highest BCUT2D eigenvalue weighted by atomic mass is 16.5. The summed E-state index contributed by atoms with van der Waals surface area (Å²) >= 11 is 0. The van der Waals surface area contributed by atoms with E-state index in [4.69, 9.17) is 10.5 Å². The Hall–Kier alpha value is -1.91. The molecular formula is C9H10N4O. The Morgan fingerprint density at radius 3 is 2.93 bits per heavy atom. The normalized spacial score (nSPS) is 10.4. The van der Waals surface area contributed by atoms with E-state index in [1.165, 1.54) is 0 Å². The number of nitrogen functional groups attached to an aromatic ring is 1. The van der Waals surface area contributed by atoms with Gasteiger partial charge in [0.05, 0.1) is 24.5 Å². The maximum atomic E-state index is 5.46. The molecule has 2 rings (SSSR count). The van der Waals surface area contributed by atoms with E-state index in [1.807, 2.05) is 6.92 Å². The molecule has 2 aromatic rings. The second kappa shape index (κ2) is 3.45. The molecule has 0 bridgehead atoms. The van der Waals surface area contributed by atoms with Gasteiger partial charge in [-0.1, -0.05) is 0 Å². The van der Waals surface area contributed by atoms with E-state index in [-0.39, 0.29) is 5.95 Å². The van der Waals surface area contributed by atoms with Gasteiger partial charge in [0.1, 0.15) is 11.3 Å². The number of aromatic nitrogens is 3. The monoisotopic (exact) mass is 190 g/mol. The van der Waals surface area contributed by atoms with Gasteiger partial charge < -0.3 is 10.5 Å². The maximum absolute atomic E-state index is 5.46. The van der Waals surface area contributed by atoms with Crippen LogP contribution in [0.2, 0.25) is 0 Å². The highest BCUT2D eigenvalue weighted by Gasteiger charge is 2.00. The minimum Gasteiger partial charge on any atom is -0.492 e. The summed E-state index contributed by atoms with van der Waals surface area (Å²) in [6.07, 6.45) is 3.23. The molecule has 0 aromatic carbocycles. The summed E-state index contributed by atoms with van der Waals surface area (Å²) in [7, 11) is 0. The topological polar surface area (TPSA) is 73.9 Å². The smallest absolute Gasteiger partial charge is 0.220 e. The van der Waals surface area contributed by atoms with Gasteiger partial charge in [-0.3, -0.25) is 0 Å². The van der Waals surface area contributed by atoms with Crippen LogP contribution in [0.5, 0.6) is 5.75 Å². The molecule has 0 aliphatic heterocycles. The summed E-state index contributed by atoms with van der Waals surface area (Å²) < 4.78 is 5.29. The second-order valence-electron chi connectivity index (χ2n) is 2.74. The van der Waals surface area contributed by atoms with Gasteiger partial charge in [-0.15, -0.1) is 0 Å². The van der Waals surface area contributed by atoms with Crippen molar-refractivity contribution in [2.75, 3.05) is 12.3 Å². The molecule has 0 amide bonds. The van der Waals surface area contributed by atoms with E-state index in [2.05, 4.69) is 15.0 Å². The first-order chi connectivity index (χ1) is 6.79. The lowest BCUT2D eigenvalue weighted by Gasteiger charge is -2.02. The number of anilines is 1. The molecule has 0 atom stereocenters. The average Bonchev–Trinajstić information content (AvgIpc) is 2.17. The number of pyridine rings is 1. The first-order valence-corrected chi connectivity index (χ1v) is 4.30. The molecule has 0 spiro atoms. The van der Waals surface area contributed by atoms with Crippen molar-refractivity contribution < 1.29 is 4.74 Å². The van der Waals surface area contributed by atoms with Crippen LogP contribution >= 0.6 is 0 Å². The number of nitrogens with zero attached hydrogens (tertiary/aromatic N) is 3. The van der Waals surface area contributed by atoms with Crippen molar-refractivity contribution in [2.24, 2.45) is 0 Å². The first kappa shape index (κ1) is 8.68. The largest absolute Gasteiger partial charge is 0.492 e. The number of hydrogen-bond donors (Lipinski definition) is 1. The summed E-state index contributed by atoms with van der Waals surface area (Å²) in [5, 5.41) is 0. The number of hydrogen-bond acceptors (Lipinski definition) is 5. The molecule has 0 unspecified atom stereocenters. The fourth-order valence-corrected chi connectivity index (χ4v) is 1.16. The van der Waals surface area contributed by atoms with E-state index in [0.29, 0.717) is 23.4 Å². The van der Waals surface area contributed by atoms with Crippen molar-refractivity contribution in [2.45, 2.75) is 6.92 Å². The summed E-state index contributed by atoms with van der Waals surface area (Å²) in [6.45, 7) is 2.52. The van der Waals surface area contributed by atoms with Gasteiger partial charge in [0.25, 0.3) is 0 Å². The molecule has 0 aliphatic carbocycles. The van der Waals surface area contributed by atoms with Gasteiger partial charge in [0.15, 0.2) is 0 Å². The molecule has 0 fully saturated rings. The Balaban J connectivity index is 2.52. The van der Waals surface area contributed by atoms with Gasteiger partial charge in [-0.25, -0.2) is 15.0 Å². The van der Waals surface area contributed by atoms with Crippen LogP contribution in [0, 0.1) is 0 Å². The predicted octanol–water partition coefficient (Wildman–Crippen LogP) is 1.01. The molecule has 2 heterocycles. The van der Waals surface area contributed by atoms with Crippen LogP contribution in [-0.2, 0) is 0 Å². The Morgan fingerprint density at radius 1 is 1.29 bits per heavy atom. The number of ether oxygens (including phenoxy) is 1. The van der Waals surface area contributed by atoms with Crippen LogP contribution in [0.4, 0.5) is 5.95 Å². The van der Waals surface area contributed by atoms with Gasteiger partial charge in [-0.2, -0.15) is 0 Å². The SMILES string of the molecule is CCOc1cnc2cnc(N)nc2c1. The first-order valence-electron chi connectivity index (χ1n) is 4.30. The molecule has 0 saturated heterocycles. The van der Waals surface area contributed by atoms with E-state index < -0.39 is 0 Å². The molecular weight excluding hydrogens is 180 g/mol. The summed E-state index contributed by atoms with van der Waals surface area (Å²) in [4.78, 5) is 12.0. The van der Waals surface area contributed by atoms with Crippen molar-refractivity contribution in [3.8, 4) is 5.75 Å². The molecule has 2 aromatic heterocycles. The van der Waals surface area contributed by atoms with Crippen molar-refractivity contribution in [3.63, 3.8) is 0 Å². The zero-order valence-electron chi connectivity index (χ0n) is 7.77. The summed E-state index contributed by atoms with van der Waals surface area (Å²) in [5.41, 5.74) is 6.87. The van der Waals surface area contributed by atoms with Gasteiger partial charge in [-0.05, 0) is 6.92 Å². The second-order valence-corrected chi connectivity index (χ2v) is 2.74. The third-order valence-electron chi connectivity index (χ3n) is 1.74. The summed E-state index contributed by atoms with van der Waals surface area (Å²) in [6, 6.07) is 1.80. The molecule has 72 valence electrons. The summed E-state index contributed by atoms with van der Waals surface area (Å²) in [5.74, 6) is 0.936. The van der Waals surface area contributed by atoms with Crippen LogP contribution in [0.25, 0.3) is 11.0 Å². The zero-order valence-corrected chi connectivity index (χ0v) is 7.77. The van der Waals surface area contributed by atoms with Crippen molar-refractivity contribution >= 4 is 17.0 Å². The number of rotatable bonds is 2. The highest BCUT2D eigenvalue weighted by molar-refractivity contribution is 5.75. The molecule has 0 aliphatic rings. The molecule has 5 nitrogen and oxygen atoms in total. The van der Waals surface area contributed by atoms with Crippen LogP contribution in [0.3, 0.4) is 0 Å². The lowest BCUT2D eigenvalue weighted by molar-refractivity contribution is 0.339. The van der Waals surface area contributed by atoms with E-state index in [0.717, 1.165) is 0 Å². The molecule has 14 heavy (non-hydrogen) atoms. The van der Waals surface area contributed by atoms with Crippen LogP contribution in [-0.4, -0.2) is 21.6 Å². The van der Waals surface area contributed by atoms with Crippen molar-refractivity contribution in [1.82, 2.24) is 15.0 Å². The minimum atomic E-state index is 0.243. The average molecular weight is 190 g/mol. The van der Waals surface area contributed by atoms with E-state index in [1.54, 1.807) is 18.5 Å². The third-order valence-corrected chi connectivity index (χ3v) is 1.74. The lowest BCUT2D eigenvalue weighted by Crippen LogP contribution is -1.97. The number of nitrogens with two attached hydrogens (primary N) is 1. The van der Waals surface area contributed by atoms with Crippen molar-refractivity contribution in [3.05, 3.63) is 18.5 Å². The quantitative estimate of drug-likeness (QED) is 0.764. The van der Waals surface area contributed by atoms with E-state index in [9.17, 15) is 0 Å². The van der Waals surface area contributed by atoms with Gasteiger partial charge in [0.2, 0.25) is 5.95 Å².